The highest BCUT2D eigenvalue weighted by Crippen LogP contribution is 2.36. The third kappa shape index (κ3) is 3.02. The molecular formula is C13H21NO4. The molecule has 2 rings (SSSR count). The predicted octanol–water partition coefficient (Wildman–Crippen LogP) is 1.32. The van der Waals surface area contributed by atoms with Crippen LogP contribution in [0, 0.1) is 5.41 Å². The van der Waals surface area contributed by atoms with Crippen LogP contribution >= 0.6 is 0 Å². The Morgan fingerprint density at radius 1 is 1.28 bits per heavy atom. The van der Waals surface area contributed by atoms with E-state index in [1.54, 1.807) is 0 Å². The van der Waals surface area contributed by atoms with Crippen molar-refractivity contribution in [3.8, 4) is 0 Å². The standard InChI is InChI=1S/C13H21NO4/c1-13(6-2-3-7-13)8-14-11(15)9-4-5-10(18-9)12(16)17/h9-10H,2-8H2,1H3,(H,14,15)(H,16,17). The molecule has 1 amide bonds. The van der Waals surface area contributed by atoms with E-state index in [9.17, 15) is 9.59 Å². The third-order valence-electron chi connectivity index (χ3n) is 4.09. The van der Waals surface area contributed by atoms with Crippen LogP contribution in [-0.2, 0) is 14.3 Å². The smallest absolute Gasteiger partial charge is 0.332 e. The highest BCUT2D eigenvalue weighted by Gasteiger charge is 2.36. The van der Waals surface area contributed by atoms with Crippen LogP contribution in [0.2, 0.25) is 0 Å². The van der Waals surface area contributed by atoms with E-state index in [-0.39, 0.29) is 11.3 Å². The molecule has 0 spiro atoms. The molecular weight excluding hydrogens is 234 g/mol. The van der Waals surface area contributed by atoms with Gasteiger partial charge in [0.2, 0.25) is 5.91 Å². The molecule has 2 unspecified atom stereocenters. The highest BCUT2D eigenvalue weighted by molar-refractivity contribution is 5.82. The predicted molar refractivity (Wildman–Crippen MR) is 65.1 cm³/mol. The Bertz CT molecular complexity index is 336. The minimum atomic E-state index is -0.979. The number of hydrogen-bond donors (Lipinski definition) is 2. The van der Waals surface area contributed by atoms with E-state index in [1.165, 1.54) is 12.8 Å². The zero-order valence-electron chi connectivity index (χ0n) is 10.8. The first-order valence-corrected chi connectivity index (χ1v) is 6.66. The summed E-state index contributed by atoms with van der Waals surface area (Å²) in [5.74, 6) is -1.14. The summed E-state index contributed by atoms with van der Waals surface area (Å²) in [5.41, 5.74) is 0.209. The first-order chi connectivity index (χ1) is 8.50. The topological polar surface area (TPSA) is 75.6 Å². The molecule has 5 heteroatoms. The molecule has 0 radical (unpaired) electrons. The monoisotopic (exact) mass is 255 g/mol. The molecule has 2 atom stereocenters. The lowest BCUT2D eigenvalue weighted by Crippen LogP contribution is -2.40. The van der Waals surface area contributed by atoms with Gasteiger partial charge in [-0.3, -0.25) is 4.79 Å². The fraction of sp³-hybridized carbons (Fsp3) is 0.846. The van der Waals surface area contributed by atoms with Gasteiger partial charge in [0.1, 0.15) is 6.10 Å². The molecule has 1 saturated heterocycles. The summed E-state index contributed by atoms with van der Waals surface area (Å²) in [4.78, 5) is 22.6. The van der Waals surface area contributed by atoms with Crippen LogP contribution in [0.25, 0.3) is 0 Å². The summed E-state index contributed by atoms with van der Waals surface area (Å²) in [6.45, 7) is 2.86. The maximum atomic E-state index is 11.9. The first-order valence-electron chi connectivity index (χ1n) is 6.66. The molecule has 1 aliphatic heterocycles. The van der Waals surface area contributed by atoms with Crippen molar-refractivity contribution in [2.75, 3.05) is 6.54 Å². The maximum Gasteiger partial charge on any atom is 0.332 e. The molecule has 1 heterocycles. The molecule has 2 fully saturated rings. The SMILES string of the molecule is CC1(CNC(=O)C2CCC(C(=O)O)O2)CCCC1. The Kier molecular flexibility index (Phi) is 3.90. The van der Waals surface area contributed by atoms with E-state index in [2.05, 4.69) is 12.2 Å². The number of carbonyl (C=O) groups is 2. The van der Waals surface area contributed by atoms with Gasteiger partial charge in [0.15, 0.2) is 6.10 Å². The Morgan fingerprint density at radius 3 is 2.44 bits per heavy atom. The van der Waals surface area contributed by atoms with E-state index in [0.717, 1.165) is 12.8 Å². The molecule has 0 aromatic rings. The van der Waals surface area contributed by atoms with Crippen LogP contribution in [0.4, 0.5) is 0 Å². The van der Waals surface area contributed by atoms with Gasteiger partial charge in [-0.1, -0.05) is 19.8 Å². The maximum absolute atomic E-state index is 11.9. The minimum Gasteiger partial charge on any atom is -0.479 e. The average Bonchev–Trinajstić information content (AvgIpc) is 2.95. The van der Waals surface area contributed by atoms with Gasteiger partial charge in [0.05, 0.1) is 0 Å². The van der Waals surface area contributed by atoms with Gasteiger partial charge in [-0.05, 0) is 31.1 Å². The molecule has 0 aromatic heterocycles. The lowest BCUT2D eigenvalue weighted by atomic mass is 9.89. The second kappa shape index (κ2) is 5.26. The lowest BCUT2D eigenvalue weighted by Gasteiger charge is -2.24. The second-order valence-corrected chi connectivity index (χ2v) is 5.76. The van der Waals surface area contributed by atoms with Crippen molar-refractivity contribution >= 4 is 11.9 Å². The highest BCUT2D eigenvalue weighted by atomic mass is 16.5. The zero-order chi connectivity index (χ0) is 13.2. The molecule has 1 aliphatic carbocycles. The summed E-state index contributed by atoms with van der Waals surface area (Å²) in [6, 6.07) is 0. The van der Waals surface area contributed by atoms with E-state index in [1.807, 2.05) is 0 Å². The first kappa shape index (κ1) is 13.3. The molecule has 18 heavy (non-hydrogen) atoms. The lowest BCUT2D eigenvalue weighted by molar-refractivity contribution is -0.151. The second-order valence-electron chi connectivity index (χ2n) is 5.76. The molecule has 102 valence electrons. The van der Waals surface area contributed by atoms with Crippen LogP contribution < -0.4 is 5.32 Å². The summed E-state index contributed by atoms with van der Waals surface area (Å²) in [7, 11) is 0. The van der Waals surface area contributed by atoms with E-state index >= 15 is 0 Å². The fourth-order valence-corrected chi connectivity index (χ4v) is 2.83. The fourth-order valence-electron chi connectivity index (χ4n) is 2.83. The number of nitrogens with one attached hydrogen (secondary N) is 1. The Morgan fingerprint density at radius 2 is 1.89 bits per heavy atom. The van der Waals surface area contributed by atoms with Gasteiger partial charge in [0, 0.05) is 6.54 Å². The van der Waals surface area contributed by atoms with Crippen molar-refractivity contribution in [1.82, 2.24) is 5.32 Å². The number of amides is 1. The van der Waals surface area contributed by atoms with Crippen molar-refractivity contribution in [2.45, 2.75) is 57.7 Å². The zero-order valence-corrected chi connectivity index (χ0v) is 10.8. The normalized spacial score (nSPS) is 30.3. The number of carboxylic acids is 1. The number of carboxylic acid groups (broad SMARTS) is 1. The van der Waals surface area contributed by atoms with Crippen LogP contribution in [0.3, 0.4) is 0 Å². The number of carbonyl (C=O) groups excluding carboxylic acids is 1. The summed E-state index contributed by atoms with van der Waals surface area (Å²) >= 11 is 0. The van der Waals surface area contributed by atoms with Gasteiger partial charge in [0.25, 0.3) is 0 Å². The van der Waals surface area contributed by atoms with E-state index in [0.29, 0.717) is 19.4 Å². The quantitative estimate of drug-likeness (QED) is 0.794. The van der Waals surface area contributed by atoms with Crippen molar-refractivity contribution in [1.29, 1.82) is 0 Å². The van der Waals surface area contributed by atoms with E-state index in [4.69, 9.17) is 9.84 Å². The largest absolute Gasteiger partial charge is 0.479 e. The minimum absolute atomic E-state index is 0.160. The molecule has 2 N–H and O–H groups in total. The number of ether oxygens (including phenoxy) is 1. The van der Waals surface area contributed by atoms with Crippen LogP contribution in [-0.4, -0.2) is 35.7 Å². The van der Waals surface area contributed by atoms with Crippen molar-refractivity contribution in [3.63, 3.8) is 0 Å². The average molecular weight is 255 g/mol. The van der Waals surface area contributed by atoms with Crippen molar-refractivity contribution < 1.29 is 19.4 Å². The number of rotatable bonds is 4. The van der Waals surface area contributed by atoms with Gasteiger partial charge >= 0.3 is 5.97 Å². The van der Waals surface area contributed by atoms with E-state index < -0.39 is 18.2 Å². The van der Waals surface area contributed by atoms with Gasteiger partial charge in [-0.25, -0.2) is 4.79 Å². The molecule has 0 bridgehead atoms. The summed E-state index contributed by atoms with van der Waals surface area (Å²) in [6.07, 6.45) is 4.27. The Hall–Kier alpha value is -1.10. The number of aliphatic carboxylic acids is 1. The Labute approximate surface area is 107 Å². The molecule has 1 saturated carbocycles. The van der Waals surface area contributed by atoms with Gasteiger partial charge in [-0.15, -0.1) is 0 Å². The van der Waals surface area contributed by atoms with Crippen LogP contribution in [0.5, 0.6) is 0 Å². The summed E-state index contributed by atoms with van der Waals surface area (Å²) < 4.78 is 5.22. The van der Waals surface area contributed by atoms with Gasteiger partial charge in [-0.2, -0.15) is 0 Å². The molecule has 2 aliphatic rings. The third-order valence-corrected chi connectivity index (χ3v) is 4.09. The number of hydrogen-bond acceptors (Lipinski definition) is 3. The Balaban J connectivity index is 1.77. The van der Waals surface area contributed by atoms with Gasteiger partial charge < -0.3 is 15.2 Å². The summed E-state index contributed by atoms with van der Waals surface area (Å²) in [5, 5.41) is 11.7. The van der Waals surface area contributed by atoms with Crippen LogP contribution in [0.15, 0.2) is 0 Å². The molecule has 5 nitrogen and oxygen atoms in total. The molecule has 0 aromatic carbocycles. The van der Waals surface area contributed by atoms with Crippen molar-refractivity contribution in [2.24, 2.45) is 5.41 Å². The van der Waals surface area contributed by atoms with Crippen molar-refractivity contribution in [3.05, 3.63) is 0 Å². The van der Waals surface area contributed by atoms with Crippen LogP contribution in [0.1, 0.15) is 45.4 Å².